The number of carbonyl (C=O) groups excluding carboxylic acids is 1. The third-order valence-corrected chi connectivity index (χ3v) is 2.50. The van der Waals surface area contributed by atoms with Crippen LogP contribution in [-0.2, 0) is 0 Å². The topological polar surface area (TPSA) is 17.1 Å². The predicted octanol–water partition coefficient (Wildman–Crippen LogP) is 3.83. The first kappa shape index (κ1) is 11.5. The van der Waals surface area contributed by atoms with E-state index >= 15 is 0 Å². The lowest BCUT2D eigenvalue weighted by molar-refractivity contribution is 0.101. The summed E-state index contributed by atoms with van der Waals surface area (Å²) < 4.78 is 26.7. The van der Waals surface area contributed by atoms with Crippen molar-refractivity contribution in [2.45, 2.75) is 6.92 Å². The van der Waals surface area contributed by atoms with Crippen molar-refractivity contribution < 1.29 is 13.6 Å². The second-order valence-electron chi connectivity index (χ2n) is 3.73. The van der Waals surface area contributed by atoms with Crippen molar-refractivity contribution in [3.8, 4) is 11.1 Å². The van der Waals surface area contributed by atoms with Crippen LogP contribution in [0.3, 0.4) is 0 Å². The molecule has 0 spiro atoms. The lowest BCUT2D eigenvalue weighted by atomic mass is 9.97. The molecule has 3 heteroatoms. The maximum atomic E-state index is 13.6. The fourth-order valence-corrected chi connectivity index (χ4v) is 1.78. The molecule has 0 fully saturated rings. The molecule has 0 unspecified atom stereocenters. The van der Waals surface area contributed by atoms with E-state index in [1.54, 1.807) is 12.1 Å². The zero-order valence-electron chi connectivity index (χ0n) is 9.21. The van der Waals surface area contributed by atoms with E-state index in [1.807, 2.05) is 0 Å². The summed E-state index contributed by atoms with van der Waals surface area (Å²) in [6, 6.07) is 10.1. The molecule has 1 nitrogen and oxygen atoms in total. The van der Waals surface area contributed by atoms with Crippen LogP contribution in [0.4, 0.5) is 8.78 Å². The standard InChI is InChI=1S/C14H10F2O/c1-9(17)14-12(6-3-7-13(14)16)10-4-2-5-11(15)8-10/h2-8H,1H3. The van der Waals surface area contributed by atoms with Gasteiger partial charge in [-0.3, -0.25) is 4.79 Å². The van der Waals surface area contributed by atoms with Gasteiger partial charge >= 0.3 is 0 Å². The molecule has 0 atom stereocenters. The number of halogens is 2. The Bertz CT molecular complexity index is 576. The number of rotatable bonds is 2. The second-order valence-corrected chi connectivity index (χ2v) is 3.73. The Morgan fingerprint density at radius 3 is 2.41 bits per heavy atom. The molecule has 0 saturated heterocycles. The summed E-state index contributed by atoms with van der Waals surface area (Å²) in [6.07, 6.45) is 0. The van der Waals surface area contributed by atoms with Gasteiger partial charge in [0.05, 0.1) is 5.56 Å². The minimum Gasteiger partial charge on any atom is -0.294 e. The van der Waals surface area contributed by atoms with Crippen LogP contribution in [0.25, 0.3) is 11.1 Å². The van der Waals surface area contributed by atoms with E-state index in [4.69, 9.17) is 0 Å². The van der Waals surface area contributed by atoms with Crippen molar-refractivity contribution in [3.05, 3.63) is 59.7 Å². The van der Waals surface area contributed by atoms with Crippen molar-refractivity contribution >= 4 is 5.78 Å². The zero-order chi connectivity index (χ0) is 12.4. The van der Waals surface area contributed by atoms with Crippen LogP contribution in [-0.4, -0.2) is 5.78 Å². The Balaban J connectivity index is 2.67. The average molecular weight is 232 g/mol. The second kappa shape index (κ2) is 4.45. The first-order valence-corrected chi connectivity index (χ1v) is 5.15. The SMILES string of the molecule is CC(=O)c1c(F)cccc1-c1cccc(F)c1. The van der Waals surface area contributed by atoms with Crippen molar-refractivity contribution in [1.29, 1.82) is 0 Å². The van der Waals surface area contributed by atoms with Crippen LogP contribution in [0.1, 0.15) is 17.3 Å². The molecular weight excluding hydrogens is 222 g/mol. The summed E-state index contributed by atoms with van der Waals surface area (Å²) >= 11 is 0. The molecule has 2 aromatic carbocycles. The summed E-state index contributed by atoms with van der Waals surface area (Å²) in [7, 11) is 0. The van der Waals surface area contributed by atoms with Crippen LogP contribution in [0.15, 0.2) is 42.5 Å². The molecule has 0 aromatic heterocycles. The van der Waals surface area contributed by atoms with E-state index in [0.29, 0.717) is 11.1 Å². The lowest BCUT2D eigenvalue weighted by Crippen LogP contribution is -2.00. The van der Waals surface area contributed by atoms with E-state index in [-0.39, 0.29) is 11.3 Å². The van der Waals surface area contributed by atoms with Crippen LogP contribution in [0.2, 0.25) is 0 Å². The molecule has 0 aliphatic rings. The maximum absolute atomic E-state index is 13.6. The van der Waals surface area contributed by atoms with Crippen LogP contribution < -0.4 is 0 Å². The number of hydrogen-bond acceptors (Lipinski definition) is 1. The minimum atomic E-state index is -0.584. The summed E-state index contributed by atoms with van der Waals surface area (Å²) in [5, 5.41) is 0. The van der Waals surface area contributed by atoms with E-state index in [2.05, 4.69) is 0 Å². The van der Waals surface area contributed by atoms with Crippen molar-refractivity contribution in [3.63, 3.8) is 0 Å². The molecule has 0 bridgehead atoms. The molecule has 0 aliphatic carbocycles. The monoisotopic (exact) mass is 232 g/mol. The molecule has 17 heavy (non-hydrogen) atoms. The summed E-state index contributed by atoms with van der Waals surface area (Å²) in [5.41, 5.74) is 0.907. The van der Waals surface area contributed by atoms with Crippen LogP contribution >= 0.6 is 0 Å². The molecule has 0 N–H and O–H groups in total. The van der Waals surface area contributed by atoms with E-state index in [0.717, 1.165) is 0 Å². The van der Waals surface area contributed by atoms with E-state index in [9.17, 15) is 13.6 Å². The maximum Gasteiger partial charge on any atom is 0.163 e. The Morgan fingerprint density at radius 1 is 1.06 bits per heavy atom. The summed E-state index contributed by atoms with van der Waals surface area (Å²) in [4.78, 5) is 11.4. The molecule has 0 saturated carbocycles. The summed E-state index contributed by atoms with van der Waals surface area (Å²) in [5.74, 6) is -1.37. The zero-order valence-corrected chi connectivity index (χ0v) is 9.21. The lowest BCUT2D eigenvalue weighted by Gasteiger charge is -2.08. The third kappa shape index (κ3) is 2.23. The third-order valence-electron chi connectivity index (χ3n) is 2.50. The Morgan fingerprint density at radius 2 is 1.76 bits per heavy atom. The average Bonchev–Trinajstić information content (AvgIpc) is 2.28. The summed E-state index contributed by atoms with van der Waals surface area (Å²) in [6.45, 7) is 1.29. The van der Waals surface area contributed by atoms with Gasteiger partial charge in [0.15, 0.2) is 5.78 Å². The van der Waals surface area contributed by atoms with Crippen molar-refractivity contribution in [2.75, 3.05) is 0 Å². The van der Waals surface area contributed by atoms with Crippen LogP contribution in [0, 0.1) is 11.6 Å². The first-order chi connectivity index (χ1) is 8.09. The fourth-order valence-electron chi connectivity index (χ4n) is 1.78. The Labute approximate surface area is 97.7 Å². The number of ketones is 1. The highest BCUT2D eigenvalue weighted by Gasteiger charge is 2.14. The molecule has 0 amide bonds. The van der Waals surface area contributed by atoms with Gasteiger partial charge in [-0.15, -0.1) is 0 Å². The Kier molecular flexibility index (Phi) is 3.00. The largest absolute Gasteiger partial charge is 0.294 e. The molecule has 2 aromatic rings. The van der Waals surface area contributed by atoms with Gasteiger partial charge in [0.1, 0.15) is 11.6 Å². The normalized spacial score (nSPS) is 10.3. The highest BCUT2D eigenvalue weighted by molar-refractivity contribution is 6.01. The number of hydrogen-bond donors (Lipinski definition) is 0. The van der Waals surface area contributed by atoms with Gasteiger partial charge in [-0.05, 0) is 36.2 Å². The smallest absolute Gasteiger partial charge is 0.163 e. The number of Topliss-reactive ketones (excluding diaryl/α,β-unsaturated/α-hetero) is 1. The van der Waals surface area contributed by atoms with E-state index in [1.165, 1.54) is 37.3 Å². The first-order valence-electron chi connectivity index (χ1n) is 5.15. The number of benzene rings is 2. The molecular formula is C14H10F2O. The van der Waals surface area contributed by atoms with Gasteiger partial charge in [-0.1, -0.05) is 24.3 Å². The highest BCUT2D eigenvalue weighted by Crippen LogP contribution is 2.26. The van der Waals surface area contributed by atoms with Crippen molar-refractivity contribution in [2.24, 2.45) is 0 Å². The molecule has 86 valence electrons. The number of carbonyl (C=O) groups is 1. The predicted molar refractivity (Wildman–Crippen MR) is 61.8 cm³/mol. The quantitative estimate of drug-likeness (QED) is 0.719. The van der Waals surface area contributed by atoms with Gasteiger partial charge in [0, 0.05) is 0 Å². The van der Waals surface area contributed by atoms with Gasteiger partial charge in [-0.2, -0.15) is 0 Å². The molecule has 0 aliphatic heterocycles. The van der Waals surface area contributed by atoms with Crippen molar-refractivity contribution in [1.82, 2.24) is 0 Å². The van der Waals surface area contributed by atoms with E-state index < -0.39 is 11.6 Å². The molecule has 0 radical (unpaired) electrons. The van der Waals surface area contributed by atoms with Crippen LogP contribution in [0.5, 0.6) is 0 Å². The van der Waals surface area contributed by atoms with Gasteiger partial charge in [0.2, 0.25) is 0 Å². The fraction of sp³-hybridized carbons (Fsp3) is 0.0714. The minimum absolute atomic E-state index is 0.00176. The van der Waals surface area contributed by atoms with Gasteiger partial charge < -0.3 is 0 Å². The van der Waals surface area contributed by atoms with Gasteiger partial charge in [-0.25, -0.2) is 8.78 Å². The molecule has 2 rings (SSSR count). The Hall–Kier alpha value is -2.03. The highest BCUT2D eigenvalue weighted by atomic mass is 19.1. The van der Waals surface area contributed by atoms with Gasteiger partial charge in [0.25, 0.3) is 0 Å². The molecule has 0 heterocycles.